The van der Waals surface area contributed by atoms with Crippen molar-refractivity contribution in [1.29, 1.82) is 0 Å². The van der Waals surface area contributed by atoms with Gasteiger partial charge in [-0.3, -0.25) is 4.90 Å². The third-order valence-corrected chi connectivity index (χ3v) is 11.3. The Hall–Kier alpha value is -5.52. The van der Waals surface area contributed by atoms with Crippen LogP contribution in [-0.4, -0.2) is 37.3 Å². The number of phenols is 2. The minimum atomic E-state index is 0.372. The van der Waals surface area contributed by atoms with Crippen molar-refractivity contribution < 1.29 is 10.2 Å². The summed E-state index contributed by atoms with van der Waals surface area (Å²) in [4.78, 5) is 2.44. The second-order valence-corrected chi connectivity index (χ2v) is 14.4. The van der Waals surface area contributed by atoms with E-state index in [-0.39, 0.29) is 0 Å². The minimum absolute atomic E-state index is 0.372. The van der Waals surface area contributed by atoms with Crippen molar-refractivity contribution in [2.24, 2.45) is 5.92 Å². The van der Waals surface area contributed by atoms with Crippen molar-refractivity contribution in [1.82, 2.24) is 14.0 Å². The highest BCUT2D eigenvalue weighted by Gasteiger charge is 2.26. The van der Waals surface area contributed by atoms with E-state index in [2.05, 4.69) is 132 Å². The van der Waals surface area contributed by atoms with Crippen molar-refractivity contribution in [3.8, 4) is 22.9 Å². The van der Waals surface area contributed by atoms with E-state index < -0.39 is 0 Å². The van der Waals surface area contributed by atoms with Crippen LogP contribution in [0.1, 0.15) is 64.5 Å². The molecule has 0 spiro atoms. The van der Waals surface area contributed by atoms with Gasteiger partial charge >= 0.3 is 0 Å². The molecule has 9 rings (SSSR count). The summed E-state index contributed by atoms with van der Waals surface area (Å²) in [5.41, 5.74) is 8.15. The molecule has 1 aliphatic rings. The van der Waals surface area contributed by atoms with E-state index >= 15 is 0 Å². The summed E-state index contributed by atoms with van der Waals surface area (Å²) >= 11 is 0. The van der Waals surface area contributed by atoms with Gasteiger partial charge in [0.05, 0.1) is 33.4 Å². The summed E-state index contributed by atoms with van der Waals surface area (Å²) in [6.45, 7) is 9.20. The smallest absolute Gasteiger partial charge is 0.144 e. The highest BCUT2D eigenvalue weighted by molar-refractivity contribution is 6.10. The molecule has 2 unspecified atom stereocenters. The van der Waals surface area contributed by atoms with Gasteiger partial charge in [0.25, 0.3) is 0 Å². The van der Waals surface area contributed by atoms with Crippen LogP contribution in [0, 0.1) is 5.92 Å². The van der Waals surface area contributed by atoms with E-state index in [1.165, 1.54) is 47.2 Å². The van der Waals surface area contributed by atoms with Gasteiger partial charge in [-0.25, -0.2) is 0 Å². The Morgan fingerprint density at radius 2 is 0.926 bits per heavy atom. The average Bonchev–Trinajstić information content (AvgIpc) is 3.73. The Labute approximate surface area is 319 Å². The van der Waals surface area contributed by atoms with Crippen LogP contribution < -0.4 is 0 Å². The van der Waals surface area contributed by atoms with Gasteiger partial charge < -0.3 is 19.3 Å². The number of aromatic nitrogens is 2. The minimum Gasteiger partial charge on any atom is -0.505 e. The molecule has 6 aromatic carbocycles. The Morgan fingerprint density at radius 3 is 1.35 bits per heavy atom. The number of aromatic hydroxyl groups is 2. The maximum absolute atomic E-state index is 11.3. The standard InChI is InChI=1S/C27H30N2O.C20H17NO.C2H6/c1-19-10-3-6-14-23(19)28(2)18-20-11-9-17-26(27(20)30)29-24-15-7-4-12-21(24)22-13-5-8-16-25(22)29;1-2-14-8-7-13-19(20(14)22)21-17-11-5-3-9-15(17)16-10-4-6-12-18(16)21;1-2/h4-5,7-9,11-13,15-17,19,23,30H,3,6,10,14,18H2,1-2H3;3-13,22H,2H2,1H3;1-2H3. The summed E-state index contributed by atoms with van der Waals surface area (Å²) in [5, 5.41) is 26.8. The topological polar surface area (TPSA) is 53.6 Å². The van der Waals surface area contributed by atoms with Crippen LogP contribution in [0.2, 0.25) is 0 Å². The van der Waals surface area contributed by atoms with Crippen molar-refractivity contribution in [3.63, 3.8) is 0 Å². The van der Waals surface area contributed by atoms with Crippen LogP contribution in [0.5, 0.6) is 11.5 Å². The van der Waals surface area contributed by atoms with Gasteiger partial charge in [0, 0.05) is 39.7 Å². The average molecular weight is 716 g/mol. The molecule has 0 saturated heterocycles. The van der Waals surface area contributed by atoms with Gasteiger partial charge in [0.1, 0.15) is 11.5 Å². The fourth-order valence-electron chi connectivity index (χ4n) is 8.63. The number of hydrogen-bond donors (Lipinski definition) is 2. The van der Waals surface area contributed by atoms with E-state index in [1.54, 1.807) is 0 Å². The number of phenolic OH excluding ortho intramolecular Hbond substituents is 2. The predicted octanol–water partition coefficient (Wildman–Crippen LogP) is 12.6. The molecule has 0 amide bonds. The molecule has 1 aliphatic carbocycles. The Morgan fingerprint density at radius 1 is 0.537 bits per heavy atom. The number of hydrogen-bond acceptors (Lipinski definition) is 3. The monoisotopic (exact) mass is 715 g/mol. The Balaban J connectivity index is 0.000000166. The first-order chi connectivity index (χ1) is 26.5. The lowest BCUT2D eigenvalue weighted by molar-refractivity contribution is 0.132. The molecular formula is C49H53N3O2. The molecule has 54 heavy (non-hydrogen) atoms. The normalized spacial score (nSPS) is 15.7. The zero-order valence-corrected chi connectivity index (χ0v) is 32.3. The molecule has 0 aliphatic heterocycles. The van der Waals surface area contributed by atoms with Gasteiger partial charge in [0.15, 0.2) is 0 Å². The van der Waals surface area contributed by atoms with Crippen molar-refractivity contribution in [2.75, 3.05) is 7.05 Å². The molecular weight excluding hydrogens is 663 g/mol. The molecule has 5 heteroatoms. The summed E-state index contributed by atoms with van der Waals surface area (Å²) < 4.78 is 4.35. The molecule has 276 valence electrons. The van der Waals surface area contributed by atoms with Crippen LogP contribution in [0.3, 0.4) is 0 Å². The van der Waals surface area contributed by atoms with Gasteiger partial charge in [-0.05, 0) is 74.2 Å². The quantitative estimate of drug-likeness (QED) is 0.180. The molecule has 8 aromatic rings. The third kappa shape index (κ3) is 6.73. The van der Waals surface area contributed by atoms with Crippen molar-refractivity contribution in [3.05, 3.63) is 145 Å². The zero-order chi connectivity index (χ0) is 37.8. The number of benzene rings is 6. The van der Waals surface area contributed by atoms with Crippen LogP contribution in [0.25, 0.3) is 55.0 Å². The summed E-state index contributed by atoms with van der Waals surface area (Å²) in [6, 6.07) is 46.3. The van der Waals surface area contributed by atoms with Crippen molar-refractivity contribution >= 4 is 43.6 Å². The number of rotatable bonds is 6. The van der Waals surface area contributed by atoms with E-state index in [0.29, 0.717) is 23.5 Å². The highest BCUT2D eigenvalue weighted by atomic mass is 16.3. The maximum Gasteiger partial charge on any atom is 0.144 e. The molecule has 1 saturated carbocycles. The lowest BCUT2D eigenvalue weighted by Crippen LogP contribution is -2.38. The van der Waals surface area contributed by atoms with E-state index in [9.17, 15) is 10.2 Å². The van der Waals surface area contributed by atoms with Gasteiger partial charge in [0.2, 0.25) is 0 Å². The zero-order valence-electron chi connectivity index (χ0n) is 32.3. The Bertz CT molecular complexity index is 2420. The maximum atomic E-state index is 11.3. The van der Waals surface area contributed by atoms with Gasteiger partial charge in [-0.15, -0.1) is 0 Å². The van der Waals surface area contributed by atoms with Crippen LogP contribution in [0.4, 0.5) is 0 Å². The summed E-state index contributed by atoms with van der Waals surface area (Å²) in [6.07, 6.45) is 6.04. The number of fused-ring (bicyclic) bond motifs is 6. The molecule has 2 N–H and O–H groups in total. The second-order valence-electron chi connectivity index (χ2n) is 14.4. The second kappa shape index (κ2) is 16.2. The van der Waals surface area contributed by atoms with E-state index in [4.69, 9.17) is 0 Å². The van der Waals surface area contributed by atoms with Crippen LogP contribution in [0.15, 0.2) is 133 Å². The molecule has 1 fully saturated rings. The first kappa shape index (κ1) is 36.8. The van der Waals surface area contributed by atoms with Crippen molar-refractivity contribution in [2.45, 2.75) is 72.4 Å². The third-order valence-electron chi connectivity index (χ3n) is 11.3. The number of nitrogens with zero attached hydrogens (tertiary/aromatic N) is 3. The van der Waals surface area contributed by atoms with E-state index in [1.807, 2.05) is 50.2 Å². The lowest BCUT2D eigenvalue weighted by atomic mass is 9.85. The Kier molecular flexibility index (Phi) is 11.1. The molecule has 0 bridgehead atoms. The molecule has 2 aromatic heterocycles. The van der Waals surface area contributed by atoms with E-state index in [0.717, 1.165) is 57.5 Å². The SMILES string of the molecule is CC.CC1CCCCC1N(C)Cc1cccc(-n2c3ccccc3c3ccccc32)c1O.CCc1cccc(-n2c3ccccc3c3ccccc32)c1O. The summed E-state index contributed by atoms with van der Waals surface area (Å²) in [5.74, 6) is 1.47. The van der Waals surface area contributed by atoms with Crippen LogP contribution >= 0.6 is 0 Å². The first-order valence-corrected chi connectivity index (χ1v) is 19.7. The fraction of sp³-hybridized carbons (Fsp3) is 0.265. The van der Waals surface area contributed by atoms with Gasteiger partial charge in [-0.1, -0.05) is 138 Å². The first-order valence-electron chi connectivity index (χ1n) is 19.7. The fourth-order valence-corrected chi connectivity index (χ4v) is 8.63. The molecule has 5 nitrogen and oxygen atoms in total. The number of aryl methyl sites for hydroxylation is 1. The predicted molar refractivity (Wildman–Crippen MR) is 229 cm³/mol. The molecule has 0 radical (unpaired) electrons. The highest BCUT2D eigenvalue weighted by Crippen LogP contribution is 2.38. The van der Waals surface area contributed by atoms with Crippen LogP contribution in [-0.2, 0) is 13.0 Å². The van der Waals surface area contributed by atoms with Gasteiger partial charge in [-0.2, -0.15) is 0 Å². The lowest BCUT2D eigenvalue weighted by Gasteiger charge is -2.36. The molecule has 2 atom stereocenters. The largest absolute Gasteiger partial charge is 0.505 e. The number of para-hydroxylation sites is 6. The summed E-state index contributed by atoms with van der Waals surface area (Å²) in [7, 11) is 2.21. The molecule has 2 heterocycles.